The van der Waals surface area contributed by atoms with Crippen LogP contribution in [0.2, 0.25) is 0 Å². The van der Waals surface area contributed by atoms with Gasteiger partial charge in [-0.25, -0.2) is 0 Å². The second-order valence-corrected chi connectivity index (χ2v) is 4.15. The van der Waals surface area contributed by atoms with Crippen molar-refractivity contribution in [2.75, 3.05) is 13.1 Å². The molecule has 0 aliphatic carbocycles. The second-order valence-electron chi connectivity index (χ2n) is 4.15. The summed E-state index contributed by atoms with van der Waals surface area (Å²) >= 11 is 0. The van der Waals surface area contributed by atoms with Gasteiger partial charge >= 0.3 is 0 Å². The minimum atomic E-state index is 1.14. The van der Waals surface area contributed by atoms with Crippen molar-refractivity contribution in [2.45, 2.75) is 46.6 Å². The molecule has 0 bridgehead atoms. The molecular weight excluding hydrogens is 194 g/mol. The third-order valence-corrected chi connectivity index (χ3v) is 3.04. The van der Waals surface area contributed by atoms with E-state index >= 15 is 0 Å². The zero-order chi connectivity index (χ0) is 11.8. The molecule has 0 saturated carbocycles. The van der Waals surface area contributed by atoms with Crippen LogP contribution in [0.1, 0.15) is 44.7 Å². The Hall–Kier alpha value is -0.820. The van der Waals surface area contributed by atoms with Gasteiger partial charge < -0.3 is 0 Å². The zero-order valence-corrected chi connectivity index (χ0v) is 11.0. The van der Waals surface area contributed by atoms with Crippen LogP contribution in [-0.2, 0) is 13.0 Å². The number of rotatable bonds is 3. The van der Waals surface area contributed by atoms with Crippen molar-refractivity contribution in [1.29, 1.82) is 0 Å². The molecule has 2 rings (SSSR count). The Bertz CT molecular complexity index is 270. The molecule has 1 nitrogen and oxygen atoms in total. The fraction of sp³-hybridized carbons (Fsp3) is 0.600. The molecule has 1 heteroatoms. The Morgan fingerprint density at radius 2 is 1.44 bits per heavy atom. The highest BCUT2D eigenvalue weighted by molar-refractivity contribution is 5.22. The first-order valence-electron chi connectivity index (χ1n) is 6.68. The van der Waals surface area contributed by atoms with Crippen LogP contribution in [0.5, 0.6) is 0 Å². The van der Waals surface area contributed by atoms with E-state index in [9.17, 15) is 0 Å². The van der Waals surface area contributed by atoms with Gasteiger partial charge in [-0.05, 0) is 43.5 Å². The van der Waals surface area contributed by atoms with E-state index in [1.54, 1.807) is 0 Å². The highest BCUT2D eigenvalue weighted by Crippen LogP contribution is 2.13. The van der Waals surface area contributed by atoms with Gasteiger partial charge in [0, 0.05) is 6.54 Å². The van der Waals surface area contributed by atoms with Crippen molar-refractivity contribution < 1.29 is 0 Å². The molecule has 1 aliphatic rings. The summed E-state index contributed by atoms with van der Waals surface area (Å²) in [6.07, 6.45) is 3.91. The quantitative estimate of drug-likeness (QED) is 0.746. The van der Waals surface area contributed by atoms with Crippen LogP contribution in [-0.4, -0.2) is 18.0 Å². The summed E-state index contributed by atoms with van der Waals surface area (Å²) in [5.74, 6) is 0. The summed E-state index contributed by atoms with van der Waals surface area (Å²) in [6.45, 7) is 9.92. The highest BCUT2D eigenvalue weighted by atomic mass is 15.1. The molecule has 1 heterocycles. The van der Waals surface area contributed by atoms with Gasteiger partial charge in [-0.15, -0.1) is 0 Å². The number of nitrogens with zero attached hydrogens (tertiary/aromatic N) is 1. The van der Waals surface area contributed by atoms with Gasteiger partial charge in [0.2, 0.25) is 0 Å². The molecule has 1 aliphatic heterocycles. The normalized spacial score (nSPS) is 15.7. The molecule has 0 amide bonds. The molecule has 0 radical (unpaired) electrons. The van der Waals surface area contributed by atoms with Gasteiger partial charge in [0.25, 0.3) is 0 Å². The summed E-state index contributed by atoms with van der Waals surface area (Å²) in [5, 5.41) is 0. The number of benzene rings is 1. The van der Waals surface area contributed by atoms with Crippen LogP contribution in [0.4, 0.5) is 0 Å². The molecule has 0 aromatic heterocycles. The SMILES string of the molecule is CC.CCc1ccc(CN2CCCC2)cc1. The van der Waals surface area contributed by atoms with Crippen LogP contribution < -0.4 is 0 Å². The van der Waals surface area contributed by atoms with Crippen molar-refractivity contribution in [3.63, 3.8) is 0 Å². The average molecular weight is 219 g/mol. The standard InChI is InChI=1S/C13H19N.C2H6/c1-2-12-5-7-13(8-6-12)11-14-9-3-4-10-14;1-2/h5-8H,2-4,9-11H2,1H3;1-2H3. The lowest BCUT2D eigenvalue weighted by Gasteiger charge is -2.14. The lowest BCUT2D eigenvalue weighted by Crippen LogP contribution is -2.18. The maximum absolute atomic E-state index is 2.54. The maximum Gasteiger partial charge on any atom is 0.0233 e. The summed E-state index contributed by atoms with van der Waals surface area (Å²) in [5.41, 5.74) is 2.90. The first-order valence-corrected chi connectivity index (χ1v) is 6.68. The third kappa shape index (κ3) is 3.97. The fourth-order valence-electron chi connectivity index (χ4n) is 2.08. The van der Waals surface area contributed by atoms with Crippen LogP contribution in [0.25, 0.3) is 0 Å². The molecule has 16 heavy (non-hydrogen) atoms. The van der Waals surface area contributed by atoms with Crippen molar-refractivity contribution in [2.24, 2.45) is 0 Å². The highest BCUT2D eigenvalue weighted by Gasteiger charge is 2.11. The topological polar surface area (TPSA) is 3.24 Å². The predicted octanol–water partition coefficient (Wildman–Crippen LogP) is 3.87. The maximum atomic E-state index is 2.54. The van der Waals surface area contributed by atoms with Gasteiger partial charge in [-0.1, -0.05) is 45.0 Å². The molecule has 1 aromatic carbocycles. The van der Waals surface area contributed by atoms with Gasteiger partial charge in [0.15, 0.2) is 0 Å². The first kappa shape index (κ1) is 13.2. The molecule has 0 unspecified atom stereocenters. The Morgan fingerprint density at radius 1 is 0.938 bits per heavy atom. The van der Waals surface area contributed by atoms with Crippen molar-refractivity contribution in [3.05, 3.63) is 35.4 Å². The molecule has 1 fully saturated rings. The summed E-state index contributed by atoms with van der Waals surface area (Å²) in [7, 11) is 0. The van der Waals surface area contributed by atoms with Crippen molar-refractivity contribution in [3.8, 4) is 0 Å². The second kappa shape index (κ2) is 7.45. The Morgan fingerprint density at radius 3 is 1.94 bits per heavy atom. The molecule has 0 atom stereocenters. The van der Waals surface area contributed by atoms with E-state index in [-0.39, 0.29) is 0 Å². The molecule has 1 saturated heterocycles. The molecule has 90 valence electrons. The Balaban J connectivity index is 0.000000606. The summed E-state index contributed by atoms with van der Waals surface area (Å²) in [6, 6.07) is 9.06. The monoisotopic (exact) mass is 219 g/mol. The van der Waals surface area contributed by atoms with Crippen LogP contribution in [0, 0.1) is 0 Å². The fourth-order valence-corrected chi connectivity index (χ4v) is 2.08. The number of likely N-dealkylation sites (tertiary alicyclic amines) is 1. The van der Waals surface area contributed by atoms with Crippen molar-refractivity contribution in [1.82, 2.24) is 4.90 Å². The Labute approximate surface area is 100 Å². The smallest absolute Gasteiger partial charge is 0.0233 e. The minimum absolute atomic E-state index is 1.14. The summed E-state index contributed by atoms with van der Waals surface area (Å²) in [4.78, 5) is 2.54. The minimum Gasteiger partial charge on any atom is -0.299 e. The van der Waals surface area contributed by atoms with Gasteiger partial charge in [-0.3, -0.25) is 4.90 Å². The average Bonchev–Trinajstić information content (AvgIpc) is 2.86. The largest absolute Gasteiger partial charge is 0.299 e. The number of aryl methyl sites for hydroxylation is 1. The van der Waals surface area contributed by atoms with E-state index < -0.39 is 0 Å². The summed E-state index contributed by atoms with van der Waals surface area (Å²) < 4.78 is 0. The van der Waals surface area contributed by atoms with E-state index in [1.165, 1.54) is 37.1 Å². The van der Waals surface area contributed by atoms with Crippen LogP contribution in [0.3, 0.4) is 0 Å². The van der Waals surface area contributed by atoms with Gasteiger partial charge in [0.1, 0.15) is 0 Å². The Kier molecular flexibility index (Phi) is 6.17. The van der Waals surface area contributed by atoms with Crippen LogP contribution in [0.15, 0.2) is 24.3 Å². The van der Waals surface area contributed by atoms with Gasteiger partial charge in [0.05, 0.1) is 0 Å². The van der Waals surface area contributed by atoms with E-state index in [1.807, 2.05) is 13.8 Å². The first-order chi connectivity index (χ1) is 7.88. The molecule has 1 aromatic rings. The number of hydrogen-bond donors (Lipinski definition) is 0. The van der Waals surface area contributed by atoms with Crippen molar-refractivity contribution >= 4 is 0 Å². The predicted molar refractivity (Wildman–Crippen MR) is 71.7 cm³/mol. The lowest BCUT2D eigenvalue weighted by atomic mass is 10.1. The van der Waals surface area contributed by atoms with E-state index in [0.29, 0.717) is 0 Å². The number of hydrogen-bond acceptors (Lipinski definition) is 1. The van der Waals surface area contributed by atoms with Gasteiger partial charge in [-0.2, -0.15) is 0 Å². The van der Waals surface area contributed by atoms with E-state index in [4.69, 9.17) is 0 Å². The third-order valence-electron chi connectivity index (χ3n) is 3.04. The molecule has 0 N–H and O–H groups in total. The van der Waals surface area contributed by atoms with E-state index in [0.717, 1.165) is 13.0 Å². The van der Waals surface area contributed by atoms with Crippen LogP contribution >= 0.6 is 0 Å². The molecular formula is C15H25N. The zero-order valence-electron chi connectivity index (χ0n) is 11.0. The van der Waals surface area contributed by atoms with E-state index in [2.05, 4.69) is 36.1 Å². The molecule has 0 spiro atoms. The lowest BCUT2D eigenvalue weighted by molar-refractivity contribution is 0.331.